The molecule has 0 bridgehead atoms. The summed E-state index contributed by atoms with van der Waals surface area (Å²) >= 11 is 7.69. The molecule has 1 amide bonds. The number of carbonyl (C=O) groups excluding carboxylic acids is 1. The minimum atomic E-state index is 0.0353. The summed E-state index contributed by atoms with van der Waals surface area (Å²) in [5.41, 5.74) is 4.11. The normalized spacial score (nSPS) is 15.7. The minimum Gasteiger partial charge on any atom is -0.490 e. The van der Waals surface area contributed by atoms with E-state index in [0.717, 1.165) is 28.1 Å². The Morgan fingerprint density at radius 1 is 1.19 bits per heavy atom. The Balaban J connectivity index is 1.68. The number of amides is 1. The van der Waals surface area contributed by atoms with Crippen molar-refractivity contribution in [1.82, 2.24) is 0 Å². The maximum Gasteiger partial charge on any atom is 0.225 e. The lowest BCUT2D eigenvalue weighted by atomic mass is 9.89. The van der Waals surface area contributed by atoms with Crippen LogP contribution in [0.5, 0.6) is 5.75 Å². The van der Waals surface area contributed by atoms with Gasteiger partial charge in [-0.2, -0.15) is 0 Å². The van der Waals surface area contributed by atoms with Crippen molar-refractivity contribution in [2.75, 3.05) is 11.9 Å². The van der Waals surface area contributed by atoms with Gasteiger partial charge in [-0.25, -0.2) is 0 Å². The molecule has 1 aromatic heterocycles. The molecule has 4 rings (SSSR count). The number of thiophene rings is 1. The van der Waals surface area contributed by atoms with Crippen LogP contribution in [-0.4, -0.2) is 12.5 Å². The molecule has 3 aromatic rings. The van der Waals surface area contributed by atoms with E-state index in [0.29, 0.717) is 18.1 Å². The summed E-state index contributed by atoms with van der Waals surface area (Å²) < 4.78 is 5.55. The van der Waals surface area contributed by atoms with Gasteiger partial charge in [0.1, 0.15) is 12.4 Å². The standard InChI is InChI=1S/C22H18ClNO2S/c1-2-11-26-17-9-5-14(6-10-17)18-12-20(25)24-21-19(13-27-22(18)21)15-3-7-16(23)8-4-15/h2-10,13,18H,1,11-12H2,(H,24,25)/t18-/m0/s1. The second-order valence-corrected chi connectivity index (χ2v) is 7.72. The molecule has 1 aliphatic rings. The SMILES string of the molecule is C=CCOc1ccc([C@@H]2CC(=O)Nc3c(-c4ccc(Cl)cc4)csc32)cc1. The van der Waals surface area contributed by atoms with Crippen LogP contribution in [0.3, 0.4) is 0 Å². The fourth-order valence-corrected chi connectivity index (χ4v) is 4.58. The fraction of sp³-hybridized carbons (Fsp3) is 0.136. The summed E-state index contributed by atoms with van der Waals surface area (Å²) in [5.74, 6) is 0.883. The first kappa shape index (κ1) is 17.8. The van der Waals surface area contributed by atoms with E-state index in [1.165, 1.54) is 4.88 Å². The van der Waals surface area contributed by atoms with Gasteiger partial charge in [-0.3, -0.25) is 4.79 Å². The van der Waals surface area contributed by atoms with Crippen molar-refractivity contribution in [2.24, 2.45) is 0 Å². The molecule has 0 aliphatic carbocycles. The van der Waals surface area contributed by atoms with Gasteiger partial charge in [0, 0.05) is 33.2 Å². The van der Waals surface area contributed by atoms with Gasteiger partial charge in [-0.05, 0) is 35.4 Å². The van der Waals surface area contributed by atoms with E-state index in [9.17, 15) is 4.79 Å². The average molecular weight is 396 g/mol. The van der Waals surface area contributed by atoms with Crippen molar-refractivity contribution in [3.63, 3.8) is 0 Å². The van der Waals surface area contributed by atoms with Crippen molar-refractivity contribution in [3.8, 4) is 16.9 Å². The zero-order chi connectivity index (χ0) is 18.8. The van der Waals surface area contributed by atoms with Crippen LogP contribution in [0.4, 0.5) is 5.69 Å². The molecule has 1 aliphatic heterocycles. The summed E-state index contributed by atoms with van der Waals surface area (Å²) in [5, 5.41) is 5.87. The first-order valence-electron chi connectivity index (χ1n) is 8.66. The molecule has 3 nitrogen and oxygen atoms in total. The van der Waals surface area contributed by atoms with E-state index in [2.05, 4.69) is 17.3 Å². The third-order valence-corrected chi connectivity index (χ3v) is 5.94. The molecule has 136 valence electrons. The Labute approximate surface area is 167 Å². The Kier molecular flexibility index (Phi) is 5.01. The Morgan fingerprint density at radius 2 is 1.93 bits per heavy atom. The zero-order valence-electron chi connectivity index (χ0n) is 14.6. The second-order valence-electron chi connectivity index (χ2n) is 6.37. The quantitative estimate of drug-likeness (QED) is 0.529. The maximum atomic E-state index is 12.4. The highest BCUT2D eigenvalue weighted by molar-refractivity contribution is 7.11. The van der Waals surface area contributed by atoms with E-state index in [1.54, 1.807) is 17.4 Å². The molecule has 1 atom stereocenters. The summed E-state index contributed by atoms with van der Waals surface area (Å²) in [7, 11) is 0. The van der Waals surface area contributed by atoms with Crippen molar-refractivity contribution in [1.29, 1.82) is 0 Å². The minimum absolute atomic E-state index is 0.0353. The first-order chi connectivity index (χ1) is 13.2. The monoisotopic (exact) mass is 395 g/mol. The number of rotatable bonds is 5. The molecule has 0 saturated carbocycles. The van der Waals surface area contributed by atoms with Crippen molar-refractivity contribution >= 4 is 34.5 Å². The number of halogens is 1. The summed E-state index contributed by atoms with van der Waals surface area (Å²) in [6, 6.07) is 15.6. The van der Waals surface area contributed by atoms with Crippen LogP contribution in [-0.2, 0) is 4.79 Å². The summed E-state index contributed by atoms with van der Waals surface area (Å²) in [6.07, 6.45) is 2.16. The van der Waals surface area contributed by atoms with Crippen molar-refractivity contribution < 1.29 is 9.53 Å². The smallest absolute Gasteiger partial charge is 0.225 e. The van der Waals surface area contributed by atoms with Crippen LogP contribution >= 0.6 is 22.9 Å². The number of hydrogen-bond acceptors (Lipinski definition) is 3. The third-order valence-electron chi connectivity index (χ3n) is 4.60. The van der Waals surface area contributed by atoms with E-state index >= 15 is 0 Å². The number of carbonyl (C=O) groups is 1. The van der Waals surface area contributed by atoms with Crippen molar-refractivity contribution in [3.05, 3.63) is 82.0 Å². The topological polar surface area (TPSA) is 38.3 Å². The van der Waals surface area contributed by atoms with Gasteiger partial charge in [-0.1, -0.05) is 48.5 Å². The first-order valence-corrected chi connectivity index (χ1v) is 9.92. The molecular formula is C22H18ClNO2S. The lowest BCUT2D eigenvalue weighted by Crippen LogP contribution is -2.22. The number of nitrogens with one attached hydrogen (secondary N) is 1. The van der Waals surface area contributed by atoms with Crippen LogP contribution in [0.2, 0.25) is 5.02 Å². The Bertz CT molecular complexity index is 977. The molecular weight excluding hydrogens is 378 g/mol. The fourth-order valence-electron chi connectivity index (χ4n) is 3.29. The van der Waals surface area contributed by atoms with Gasteiger partial charge >= 0.3 is 0 Å². The molecule has 0 spiro atoms. The second kappa shape index (κ2) is 7.59. The number of hydrogen-bond donors (Lipinski definition) is 1. The predicted octanol–water partition coefficient (Wildman–Crippen LogP) is 6.11. The lowest BCUT2D eigenvalue weighted by molar-refractivity contribution is -0.116. The molecule has 0 unspecified atom stereocenters. The highest BCUT2D eigenvalue weighted by atomic mass is 35.5. The molecule has 0 saturated heterocycles. The third kappa shape index (κ3) is 3.64. The molecule has 5 heteroatoms. The van der Waals surface area contributed by atoms with Crippen LogP contribution in [0.1, 0.15) is 22.8 Å². The van der Waals surface area contributed by atoms with Crippen molar-refractivity contribution in [2.45, 2.75) is 12.3 Å². The highest BCUT2D eigenvalue weighted by Gasteiger charge is 2.30. The van der Waals surface area contributed by atoms with Gasteiger partial charge in [0.05, 0.1) is 5.69 Å². The van der Waals surface area contributed by atoms with Crippen LogP contribution < -0.4 is 10.1 Å². The van der Waals surface area contributed by atoms with E-state index in [1.807, 2.05) is 48.5 Å². The largest absolute Gasteiger partial charge is 0.490 e. The van der Waals surface area contributed by atoms with Crippen LogP contribution in [0.15, 0.2) is 66.6 Å². The van der Waals surface area contributed by atoms with Gasteiger partial charge < -0.3 is 10.1 Å². The summed E-state index contributed by atoms with van der Waals surface area (Å²) in [4.78, 5) is 13.6. The van der Waals surface area contributed by atoms with Gasteiger partial charge in [-0.15, -0.1) is 11.3 Å². The summed E-state index contributed by atoms with van der Waals surface area (Å²) in [6.45, 7) is 4.13. The van der Waals surface area contributed by atoms with Gasteiger partial charge in [0.25, 0.3) is 0 Å². The lowest BCUT2D eigenvalue weighted by Gasteiger charge is -2.24. The highest BCUT2D eigenvalue weighted by Crippen LogP contribution is 2.46. The van der Waals surface area contributed by atoms with Crippen LogP contribution in [0.25, 0.3) is 11.1 Å². The van der Waals surface area contributed by atoms with Gasteiger partial charge in [0.2, 0.25) is 5.91 Å². The van der Waals surface area contributed by atoms with Gasteiger partial charge in [0.15, 0.2) is 0 Å². The number of ether oxygens (including phenoxy) is 1. The zero-order valence-corrected chi connectivity index (χ0v) is 16.1. The molecule has 2 aromatic carbocycles. The van der Waals surface area contributed by atoms with E-state index in [-0.39, 0.29) is 11.8 Å². The van der Waals surface area contributed by atoms with E-state index in [4.69, 9.17) is 16.3 Å². The number of benzene rings is 2. The number of anilines is 1. The molecule has 0 radical (unpaired) electrons. The molecule has 0 fully saturated rings. The molecule has 1 N–H and O–H groups in total. The number of fused-ring (bicyclic) bond motifs is 1. The van der Waals surface area contributed by atoms with Crippen LogP contribution in [0, 0.1) is 0 Å². The predicted molar refractivity (Wildman–Crippen MR) is 112 cm³/mol. The Morgan fingerprint density at radius 3 is 2.63 bits per heavy atom. The maximum absolute atomic E-state index is 12.4. The average Bonchev–Trinajstić information content (AvgIpc) is 3.10. The van der Waals surface area contributed by atoms with E-state index < -0.39 is 0 Å². The molecule has 2 heterocycles. The Hall–Kier alpha value is -2.56. The molecule has 27 heavy (non-hydrogen) atoms.